The van der Waals surface area contributed by atoms with E-state index in [1.54, 1.807) is 24.7 Å². The van der Waals surface area contributed by atoms with Crippen molar-refractivity contribution in [1.29, 1.82) is 0 Å². The van der Waals surface area contributed by atoms with Crippen molar-refractivity contribution in [1.82, 2.24) is 34.8 Å². The molecule has 39 heavy (non-hydrogen) atoms. The van der Waals surface area contributed by atoms with E-state index in [1.807, 2.05) is 11.6 Å². The fraction of sp³-hybridized carbons (Fsp3) is 0.429. The second-order valence-electron chi connectivity index (χ2n) is 10.2. The van der Waals surface area contributed by atoms with Crippen molar-refractivity contribution in [3.63, 3.8) is 0 Å². The number of nitrogens with one attached hydrogen (secondary N) is 1. The van der Waals surface area contributed by atoms with Crippen molar-refractivity contribution in [2.45, 2.75) is 32.4 Å². The Balaban J connectivity index is 1.40. The summed E-state index contributed by atoms with van der Waals surface area (Å²) in [5, 5.41) is 10.4. The van der Waals surface area contributed by atoms with E-state index in [0.29, 0.717) is 64.5 Å². The van der Waals surface area contributed by atoms with Gasteiger partial charge in [0.05, 0.1) is 35.6 Å². The zero-order chi connectivity index (χ0) is 26.8. The number of imidazole rings is 1. The molecule has 1 saturated heterocycles. The quantitative estimate of drug-likeness (QED) is 0.295. The highest BCUT2D eigenvalue weighted by Gasteiger charge is 2.27. The molecule has 2 aliphatic rings. The van der Waals surface area contributed by atoms with Gasteiger partial charge in [-0.3, -0.25) is 15.0 Å². The topological polar surface area (TPSA) is 94.0 Å². The molecular weight excluding hydrogens is 504 g/mol. The van der Waals surface area contributed by atoms with E-state index < -0.39 is 12.5 Å². The zero-order valence-electron chi connectivity index (χ0n) is 21.9. The molecule has 0 radical (unpaired) electrons. The monoisotopic (exact) mass is 535 g/mol. The highest BCUT2D eigenvalue weighted by atomic mass is 19.1. The minimum absolute atomic E-state index is 0.288. The van der Waals surface area contributed by atoms with Crippen LogP contribution in [0.5, 0.6) is 11.5 Å². The van der Waals surface area contributed by atoms with E-state index in [-0.39, 0.29) is 5.69 Å². The van der Waals surface area contributed by atoms with Gasteiger partial charge in [-0.1, -0.05) is 5.21 Å². The van der Waals surface area contributed by atoms with Crippen LogP contribution >= 0.6 is 0 Å². The zero-order valence-corrected chi connectivity index (χ0v) is 21.9. The van der Waals surface area contributed by atoms with Crippen LogP contribution < -0.4 is 9.47 Å². The summed E-state index contributed by atoms with van der Waals surface area (Å²) in [6.45, 7) is 3.10. The molecular formula is C28H31F2N7O2. The summed E-state index contributed by atoms with van der Waals surface area (Å²) in [6.07, 6.45) is 7.92. The van der Waals surface area contributed by atoms with Crippen molar-refractivity contribution < 1.29 is 18.3 Å². The van der Waals surface area contributed by atoms with E-state index >= 15 is 0 Å². The van der Waals surface area contributed by atoms with E-state index in [0.717, 1.165) is 32.5 Å². The number of halogens is 2. The molecule has 0 atom stereocenters. The first kappa shape index (κ1) is 25.4. The Morgan fingerprint density at radius 1 is 1.05 bits per heavy atom. The highest BCUT2D eigenvalue weighted by Crippen LogP contribution is 2.44. The lowest BCUT2D eigenvalue weighted by atomic mass is 10.0. The number of H-pyrrole nitrogens is 1. The van der Waals surface area contributed by atoms with Crippen molar-refractivity contribution in [2.75, 3.05) is 32.8 Å². The maximum Gasteiger partial charge on any atom is 0.135 e. The average Bonchev–Trinajstić information content (AvgIpc) is 3.29. The maximum absolute atomic E-state index is 14.9. The largest absolute Gasteiger partial charge is 0.492 e. The molecule has 9 nitrogen and oxygen atoms in total. The predicted octanol–water partition coefficient (Wildman–Crippen LogP) is 4.81. The molecule has 0 amide bonds. The van der Waals surface area contributed by atoms with Crippen LogP contribution in [-0.4, -0.2) is 67.7 Å². The average molecular weight is 536 g/mol. The lowest BCUT2D eigenvalue weighted by Crippen LogP contribution is -2.25. The number of alkyl halides is 1. The molecule has 0 bridgehead atoms. The Labute approximate surface area is 225 Å². The van der Waals surface area contributed by atoms with Crippen LogP contribution in [0.2, 0.25) is 0 Å². The van der Waals surface area contributed by atoms with Crippen LogP contribution in [0.4, 0.5) is 8.78 Å². The van der Waals surface area contributed by atoms with Crippen LogP contribution in [0.15, 0.2) is 36.8 Å². The minimum atomic E-state index is -0.718. The Morgan fingerprint density at radius 2 is 1.85 bits per heavy atom. The molecule has 0 spiro atoms. The van der Waals surface area contributed by atoms with Gasteiger partial charge in [0.25, 0.3) is 0 Å². The Bertz CT molecular complexity index is 1440. The summed E-state index contributed by atoms with van der Waals surface area (Å²) < 4.78 is 42.6. The second-order valence-corrected chi connectivity index (χ2v) is 10.2. The second kappa shape index (κ2) is 11.1. The number of likely N-dealkylation sites (tertiary alicyclic amines) is 1. The molecule has 11 heteroatoms. The smallest absolute Gasteiger partial charge is 0.135 e. The Morgan fingerprint density at radius 3 is 2.62 bits per heavy atom. The number of aryl methyl sites for hydroxylation is 1. The number of rotatable bonds is 11. The van der Waals surface area contributed by atoms with E-state index in [9.17, 15) is 8.78 Å². The first-order chi connectivity index (χ1) is 19.1. The summed E-state index contributed by atoms with van der Waals surface area (Å²) in [5.74, 6) is 0.874. The van der Waals surface area contributed by atoms with Gasteiger partial charge < -0.3 is 14.0 Å². The van der Waals surface area contributed by atoms with Crippen molar-refractivity contribution in [3.05, 3.63) is 48.3 Å². The molecule has 3 aromatic heterocycles. The fourth-order valence-corrected chi connectivity index (χ4v) is 5.00. The fourth-order valence-electron chi connectivity index (χ4n) is 5.00. The van der Waals surface area contributed by atoms with Gasteiger partial charge in [0.1, 0.15) is 42.0 Å². The number of pyridine rings is 1. The van der Waals surface area contributed by atoms with Crippen LogP contribution in [0.25, 0.3) is 33.9 Å². The van der Waals surface area contributed by atoms with Gasteiger partial charge in [-0.05, 0) is 56.8 Å². The standard InChI is InChI=1S/C28H31F2N7O2/c1-36-17-32-27(21-12-19(6-7-31-21)26-22(15-29)33-35-34-26)28(36)25-23(38-11-10-37-8-2-3-9-37)13-20(30)14-24(25)39-16-18-4-5-18/h6-7,12-14,17-18H,2-5,8-11,15-16H2,1H3,(H,33,34,35). The number of benzene rings is 1. The lowest BCUT2D eigenvalue weighted by Gasteiger charge is -2.20. The Hall–Kier alpha value is -3.86. The number of aromatic amines is 1. The molecule has 4 heterocycles. The molecule has 204 valence electrons. The third-order valence-electron chi connectivity index (χ3n) is 7.27. The van der Waals surface area contributed by atoms with Crippen molar-refractivity contribution in [2.24, 2.45) is 13.0 Å². The number of hydrogen-bond donors (Lipinski definition) is 1. The minimum Gasteiger partial charge on any atom is -0.492 e. The number of hydrogen-bond acceptors (Lipinski definition) is 7. The molecule has 0 unspecified atom stereocenters. The van der Waals surface area contributed by atoms with E-state index in [1.165, 1.54) is 25.0 Å². The first-order valence-electron chi connectivity index (χ1n) is 13.4. The van der Waals surface area contributed by atoms with Crippen LogP contribution in [0.3, 0.4) is 0 Å². The van der Waals surface area contributed by atoms with Gasteiger partial charge in [-0.2, -0.15) is 0 Å². The van der Waals surface area contributed by atoms with Gasteiger partial charge >= 0.3 is 0 Å². The van der Waals surface area contributed by atoms with Crippen LogP contribution in [0.1, 0.15) is 31.4 Å². The molecule has 2 fully saturated rings. The van der Waals surface area contributed by atoms with Gasteiger partial charge in [-0.15, -0.1) is 5.10 Å². The number of aromatic nitrogens is 6. The third kappa shape index (κ3) is 5.49. The number of ether oxygens (including phenoxy) is 2. The van der Waals surface area contributed by atoms with Gasteiger partial charge in [0.15, 0.2) is 0 Å². The maximum atomic E-state index is 14.9. The Kier molecular flexibility index (Phi) is 7.23. The molecule has 1 aromatic carbocycles. The summed E-state index contributed by atoms with van der Waals surface area (Å²) in [4.78, 5) is 11.6. The van der Waals surface area contributed by atoms with E-state index in [2.05, 4.69) is 30.3 Å². The lowest BCUT2D eigenvalue weighted by molar-refractivity contribution is 0.236. The summed E-state index contributed by atoms with van der Waals surface area (Å²) in [6, 6.07) is 6.37. The van der Waals surface area contributed by atoms with Gasteiger partial charge in [0, 0.05) is 37.5 Å². The third-order valence-corrected chi connectivity index (χ3v) is 7.27. The summed E-state index contributed by atoms with van der Waals surface area (Å²) in [7, 11) is 1.87. The van der Waals surface area contributed by atoms with E-state index in [4.69, 9.17) is 9.47 Å². The van der Waals surface area contributed by atoms with Crippen LogP contribution in [-0.2, 0) is 13.7 Å². The highest BCUT2D eigenvalue weighted by molar-refractivity contribution is 5.85. The SMILES string of the molecule is Cn1cnc(-c2cc(-c3nn[nH]c3CF)ccn2)c1-c1c(OCCN2CCCC2)cc(F)cc1OCC1CC1. The summed E-state index contributed by atoms with van der Waals surface area (Å²) >= 11 is 0. The van der Waals surface area contributed by atoms with Gasteiger partial charge in [-0.25, -0.2) is 13.8 Å². The number of nitrogens with zero attached hydrogens (tertiary/aromatic N) is 6. The molecule has 4 aromatic rings. The van der Waals surface area contributed by atoms with Crippen molar-refractivity contribution >= 4 is 0 Å². The summed E-state index contributed by atoms with van der Waals surface area (Å²) in [5.41, 5.74) is 3.80. The van der Waals surface area contributed by atoms with Crippen molar-refractivity contribution in [3.8, 4) is 45.4 Å². The molecule has 1 N–H and O–H groups in total. The van der Waals surface area contributed by atoms with Gasteiger partial charge in [0.2, 0.25) is 0 Å². The molecule has 6 rings (SSSR count). The molecule has 1 aliphatic heterocycles. The van der Waals surface area contributed by atoms with Crippen LogP contribution in [0, 0.1) is 11.7 Å². The first-order valence-corrected chi connectivity index (χ1v) is 13.4. The molecule has 1 aliphatic carbocycles. The normalized spacial score (nSPS) is 15.7. The predicted molar refractivity (Wildman–Crippen MR) is 141 cm³/mol. The molecule has 1 saturated carbocycles.